The van der Waals surface area contributed by atoms with E-state index in [4.69, 9.17) is 9.47 Å². The number of nitrogens with zero attached hydrogens (tertiary/aromatic N) is 2. The minimum atomic E-state index is -0.0348. The molecule has 0 unspecified atom stereocenters. The maximum Gasteiger partial charge on any atom is 0.254 e. The normalized spacial score (nSPS) is 19.5. The lowest BCUT2D eigenvalue weighted by atomic mass is 9.96. The molecule has 0 radical (unpaired) electrons. The molecule has 1 saturated heterocycles. The van der Waals surface area contributed by atoms with Gasteiger partial charge in [-0.05, 0) is 68.4 Å². The van der Waals surface area contributed by atoms with Crippen molar-refractivity contribution in [1.82, 2.24) is 15.2 Å². The van der Waals surface area contributed by atoms with Gasteiger partial charge >= 0.3 is 0 Å². The van der Waals surface area contributed by atoms with E-state index in [-0.39, 0.29) is 12.0 Å². The van der Waals surface area contributed by atoms with Crippen molar-refractivity contribution in [3.05, 3.63) is 46.6 Å². The van der Waals surface area contributed by atoms with E-state index < -0.39 is 0 Å². The second-order valence-corrected chi connectivity index (χ2v) is 9.37. The Morgan fingerprint density at radius 2 is 2.13 bits per heavy atom. The number of amides is 1. The largest absolute Gasteiger partial charge is 0.486 e. The van der Waals surface area contributed by atoms with Crippen LogP contribution in [-0.2, 0) is 0 Å². The van der Waals surface area contributed by atoms with E-state index in [1.165, 1.54) is 11.8 Å². The van der Waals surface area contributed by atoms with Crippen molar-refractivity contribution >= 4 is 33.6 Å². The first-order valence-electron chi connectivity index (χ1n) is 10.2. The lowest BCUT2D eigenvalue weighted by Gasteiger charge is -2.35. The molecule has 3 heterocycles. The van der Waals surface area contributed by atoms with Crippen LogP contribution in [0.1, 0.15) is 23.2 Å². The van der Waals surface area contributed by atoms with Crippen LogP contribution in [0.15, 0.2) is 46.0 Å². The number of piperidine rings is 1. The first-order chi connectivity index (χ1) is 14.6. The van der Waals surface area contributed by atoms with Gasteiger partial charge in [0.05, 0.1) is 5.56 Å². The Hall–Kier alpha value is -1.77. The van der Waals surface area contributed by atoms with Crippen LogP contribution in [-0.4, -0.2) is 60.9 Å². The molecule has 1 amide bonds. The molecular formula is C22H26BrN3O3S. The predicted molar refractivity (Wildman–Crippen MR) is 122 cm³/mol. The van der Waals surface area contributed by atoms with Crippen LogP contribution in [0.2, 0.25) is 0 Å². The lowest BCUT2D eigenvalue weighted by molar-refractivity contribution is 0.0476. The van der Waals surface area contributed by atoms with Crippen molar-refractivity contribution in [2.24, 2.45) is 5.92 Å². The third-order valence-electron chi connectivity index (χ3n) is 5.55. The molecule has 4 rings (SSSR count). The number of halogens is 1. The molecule has 1 N–H and O–H groups in total. The number of likely N-dealkylation sites (tertiary alicyclic amines) is 1. The number of carbonyl (C=O) groups excluding carboxylic acids is 1. The fourth-order valence-corrected chi connectivity index (χ4v) is 4.79. The van der Waals surface area contributed by atoms with Gasteiger partial charge in [-0.15, -0.1) is 11.8 Å². The molecule has 1 atom stereocenters. The number of nitrogens with one attached hydrogen (secondary N) is 1. The molecule has 6 nitrogen and oxygen atoms in total. The first kappa shape index (κ1) is 21.5. The number of thioether (sulfide) groups is 1. The van der Waals surface area contributed by atoms with Crippen molar-refractivity contribution < 1.29 is 14.3 Å². The lowest BCUT2D eigenvalue weighted by Crippen LogP contribution is -2.45. The fourth-order valence-electron chi connectivity index (χ4n) is 3.90. The minimum absolute atomic E-state index is 0.0348. The van der Waals surface area contributed by atoms with Crippen LogP contribution in [0.3, 0.4) is 0 Å². The Morgan fingerprint density at radius 3 is 2.93 bits per heavy atom. The Kier molecular flexibility index (Phi) is 7.17. The Balaban J connectivity index is 1.21. The minimum Gasteiger partial charge on any atom is -0.486 e. The van der Waals surface area contributed by atoms with Crippen molar-refractivity contribution in [3.8, 4) is 11.5 Å². The van der Waals surface area contributed by atoms with Crippen LogP contribution in [0.5, 0.6) is 11.5 Å². The number of aromatic nitrogens is 1. The van der Waals surface area contributed by atoms with Gasteiger partial charge in [0.15, 0.2) is 11.5 Å². The summed E-state index contributed by atoms with van der Waals surface area (Å²) in [5, 5.41) is 3.87. The molecular weight excluding hydrogens is 466 g/mol. The molecule has 0 bridgehead atoms. The summed E-state index contributed by atoms with van der Waals surface area (Å²) in [6.45, 7) is 4.16. The first-order valence-corrected chi connectivity index (χ1v) is 12.2. The fraction of sp³-hybridized carbons (Fsp3) is 0.455. The van der Waals surface area contributed by atoms with Gasteiger partial charge < -0.3 is 14.8 Å². The number of fused-ring (bicyclic) bond motifs is 1. The number of benzene rings is 1. The van der Waals surface area contributed by atoms with Crippen LogP contribution in [0, 0.1) is 5.92 Å². The molecule has 160 valence electrons. The number of carbonyl (C=O) groups is 1. The molecule has 8 heteroatoms. The molecule has 1 aromatic carbocycles. The molecule has 0 spiro atoms. The number of rotatable bonds is 6. The second-order valence-electron chi connectivity index (χ2n) is 7.66. The highest BCUT2D eigenvalue weighted by atomic mass is 79.9. The third-order valence-corrected chi connectivity index (χ3v) is 6.76. The highest BCUT2D eigenvalue weighted by Gasteiger charge is 2.26. The quantitative estimate of drug-likeness (QED) is 0.619. The van der Waals surface area contributed by atoms with Crippen molar-refractivity contribution in [1.29, 1.82) is 0 Å². The van der Waals surface area contributed by atoms with Gasteiger partial charge in [-0.25, -0.2) is 4.98 Å². The Bertz CT molecular complexity index is 890. The van der Waals surface area contributed by atoms with Gasteiger partial charge in [0.1, 0.15) is 17.7 Å². The van der Waals surface area contributed by atoms with Gasteiger partial charge in [-0.2, -0.15) is 0 Å². The van der Waals surface area contributed by atoms with E-state index in [0.29, 0.717) is 24.6 Å². The van der Waals surface area contributed by atoms with E-state index in [9.17, 15) is 4.79 Å². The van der Waals surface area contributed by atoms with E-state index in [1.54, 1.807) is 12.3 Å². The second kappa shape index (κ2) is 10.0. The van der Waals surface area contributed by atoms with E-state index in [2.05, 4.69) is 31.1 Å². The predicted octanol–water partition coefficient (Wildman–Crippen LogP) is 3.85. The average molecular weight is 492 g/mol. The summed E-state index contributed by atoms with van der Waals surface area (Å²) in [5.74, 6) is 2.08. The zero-order valence-corrected chi connectivity index (χ0v) is 19.4. The van der Waals surface area contributed by atoms with Crippen LogP contribution in [0.4, 0.5) is 0 Å². The molecule has 2 aromatic rings. The van der Waals surface area contributed by atoms with Gasteiger partial charge in [0.25, 0.3) is 5.91 Å². The molecule has 1 aromatic heterocycles. The smallest absolute Gasteiger partial charge is 0.254 e. The topological polar surface area (TPSA) is 63.7 Å². The van der Waals surface area contributed by atoms with Gasteiger partial charge in [-0.1, -0.05) is 15.9 Å². The number of hydrogen-bond acceptors (Lipinski definition) is 6. The Labute approximate surface area is 189 Å². The van der Waals surface area contributed by atoms with Crippen molar-refractivity contribution in [2.45, 2.75) is 24.0 Å². The van der Waals surface area contributed by atoms with Crippen LogP contribution in [0.25, 0.3) is 0 Å². The van der Waals surface area contributed by atoms with E-state index in [0.717, 1.165) is 53.5 Å². The summed E-state index contributed by atoms with van der Waals surface area (Å²) >= 11 is 4.98. The van der Waals surface area contributed by atoms with Crippen LogP contribution >= 0.6 is 27.7 Å². The Morgan fingerprint density at radius 1 is 1.30 bits per heavy atom. The van der Waals surface area contributed by atoms with E-state index >= 15 is 0 Å². The molecule has 0 aliphatic carbocycles. The van der Waals surface area contributed by atoms with Crippen LogP contribution < -0.4 is 14.8 Å². The summed E-state index contributed by atoms with van der Waals surface area (Å²) in [6.07, 6.45) is 5.83. The van der Waals surface area contributed by atoms with Crippen molar-refractivity contribution in [3.63, 3.8) is 0 Å². The molecule has 2 aliphatic heterocycles. The molecule has 30 heavy (non-hydrogen) atoms. The van der Waals surface area contributed by atoms with Crippen molar-refractivity contribution in [2.75, 3.05) is 39.0 Å². The number of hydrogen-bond donors (Lipinski definition) is 1. The summed E-state index contributed by atoms with van der Waals surface area (Å²) in [7, 11) is 0. The highest BCUT2D eigenvalue weighted by molar-refractivity contribution is 9.10. The molecule has 1 fully saturated rings. The number of ether oxygens (including phenoxy) is 2. The maximum absolute atomic E-state index is 12.5. The molecule has 0 saturated carbocycles. The zero-order chi connectivity index (χ0) is 20.9. The standard InChI is InChI=1S/C22H26BrN3O3S/c1-30-22-18(3-2-8-24-22)21(27)25-12-15-6-9-26(10-7-15)13-17-14-28-19-5-4-16(23)11-20(19)29-17/h2-5,8,11,15,17H,6-7,9-10,12-14H2,1H3,(H,25,27)/t17-/m0/s1. The number of pyridine rings is 1. The molecule has 2 aliphatic rings. The zero-order valence-electron chi connectivity index (χ0n) is 17.0. The summed E-state index contributed by atoms with van der Waals surface area (Å²) in [4.78, 5) is 19.2. The highest BCUT2D eigenvalue weighted by Crippen LogP contribution is 2.34. The third kappa shape index (κ3) is 5.28. The maximum atomic E-state index is 12.5. The summed E-state index contributed by atoms with van der Waals surface area (Å²) in [5.41, 5.74) is 0.656. The van der Waals surface area contributed by atoms with Gasteiger partial charge in [0.2, 0.25) is 0 Å². The summed E-state index contributed by atoms with van der Waals surface area (Å²) in [6, 6.07) is 9.49. The van der Waals surface area contributed by atoms with Gasteiger partial charge in [-0.3, -0.25) is 9.69 Å². The average Bonchev–Trinajstić information content (AvgIpc) is 2.78. The summed E-state index contributed by atoms with van der Waals surface area (Å²) < 4.78 is 13.0. The monoisotopic (exact) mass is 491 g/mol. The van der Waals surface area contributed by atoms with Gasteiger partial charge in [0, 0.05) is 23.8 Å². The van der Waals surface area contributed by atoms with E-state index in [1.807, 2.05) is 30.5 Å². The SMILES string of the molecule is CSc1ncccc1C(=O)NCC1CCN(C[C@H]2COc3ccc(Br)cc3O2)CC1.